The molecule has 3 heterocycles. The van der Waals surface area contributed by atoms with Crippen molar-refractivity contribution in [1.29, 1.82) is 0 Å². The number of fused-ring (bicyclic) bond motifs is 1. The van der Waals surface area contributed by atoms with Crippen molar-refractivity contribution >= 4 is 41.2 Å². The summed E-state index contributed by atoms with van der Waals surface area (Å²) in [5, 5.41) is 12.1. The fourth-order valence-electron chi connectivity index (χ4n) is 5.83. The quantitative estimate of drug-likeness (QED) is 0.349. The van der Waals surface area contributed by atoms with Crippen LogP contribution in [0.25, 0.3) is 11.0 Å². The molecule has 0 unspecified atom stereocenters. The number of piperidine rings is 1. The van der Waals surface area contributed by atoms with Gasteiger partial charge in [0.1, 0.15) is 11.9 Å². The Bertz CT molecular complexity index is 1510. The molecule has 232 valence electrons. The summed E-state index contributed by atoms with van der Waals surface area (Å²) in [7, 11) is 0. The zero-order valence-corrected chi connectivity index (χ0v) is 25.1. The van der Waals surface area contributed by atoms with E-state index in [0.29, 0.717) is 55.8 Å². The van der Waals surface area contributed by atoms with Gasteiger partial charge in [0.15, 0.2) is 0 Å². The van der Waals surface area contributed by atoms with Gasteiger partial charge in [-0.05, 0) is 76.6 Å². The summed E-state index contributed by atoms with van der Waals surface area (Å²) in [5.74, 6) is -1.34. The lowest BCUT2D eigenvalue weighted by molar-refractivity contribution is -0.138. The summed E-state index contributed by atoms with van der Waals surface area (Å²) in [6.45, 7) is 5.18. The van der Waals surface area contributed by atoms with Crippen LogP contribution in [0.2, 0.25) is 0 Å². The smallest absolute Gasteiger partial charge is 0.317 e. The first-order valence-corrected chi connectivity index (χ1v) is 14.5. The van der Waals surface area contributed by atoms with E-state index in [1.165, 1.54) is 24.3 Å². The molecule has 2 aliphatic rings. The van der Waals surface area contributed by atoms with Crippen LogP contribution in [0.3, 0.4) is 0 Å². The number of likely N-dealkylation sites (tertiary alicyclic amines) is 1. The summed E-state index contributed by atoms with van der Waals surface area (Å²) in [6.07, 6.45) is 5.80. The Morgan fingerprint density at radius 2 is 1.79 bits per heavy atom. The topological polar surface area (TPSA) is 142 Å². The summed E-state index contributed by atoms with van der Waals surface area (Å²) in [4.78, 5) is 50.7. The van der Waals surface area contributed by atoms with Gasteiger partial charge in [-0.2, -0.15) is 4.99 Å². The lowest BCUT2D eigenvalue weighted by atomic mass is 9.85. The fourth-order valence-corrected chi connectivity index (χ4v) is 5.83. The Balaban J connectivity index is 0.00000423. The number of aromatic amines is 1. The lowest BCUT2D eigenvalue weighted by Gasteiger charge is -2.31. The zero-order valence-electron chi connectivity index (χ0n) is 24.3. The van der Waals surface area contributed by atoms with Crippen molar-refractivity contribution in [2.24, 2.45) is 10.9 Å². The molecule has 0 radical (unpaired) electrons. The van der Waals surface area contributed by atoms with Gasteiger partial charge in [-0.25, -0.2) is 9.37 Å². The third kappa shape index (κ3) is 7.99. The van der Waals surface area contributed by atoms with E-state index in [-0.39, 0.29) is 54.5 Å². The second-order valence-corrected chi connectivity index (χ2v) is 11.4. The number of carbonyl (C=O) groups excluding carboxylic acids is 2. The van der Waals surface area contributed by atoms with E-state index in [0.717, 1.165) is 18.4 Å². The molecule has 1 saturated heterocycles. The van der Waals surface area contributed by atoms with Crippen LogP contribution >= 0.6 is 12.4 Å². The number of amides is 2. The monoisotopic (exact) mass is 616 g/mol. The van der Waals surface area contributed by atoms with E-state index in [2.05, 4.69) is 20.3 Å². The van der Waals surface area contributed by atoms with Crippen molar-refractivity contribution in [3.05, 3.63) is 53.5 Å². The van der Waals surface area contributed by atoms with Gasteiger partial charge >= 0.3 is 5.97 Å². The standard InChI is InChI=1S/C30H37FN6O5.ClH/c1-18(2)33-28(40)20-5-9-22(10-6-20)37-25-15-26(42-23-11-13-36(14-12-23)17-27(38)39)32-16-24(25)34-30(37)35-29(41)19-3-7-21(31)8-4-19;/h3-4,7-8,15-16,18,20,22-23H,5-6,9-14,17H2,1-2H3,(H,33,40)(H,38,39)(H,34,35,41);1H/t20-,22+;. The Morgan fingerprint density at radius 3 is 2.42 bits per heavy atom. The number of imidazole rings is 1. The van der Waals surface area contributed by atoms with Crippen LogP contribution in [0.15, 0.2) is 41.5 Å². The van der Waals surface area contributed by atoms with E-state index >= 15 is 0 Å². The van der Waals surface area contributed by atoms with E-state index in [1.807, 2.05) is 29.4 Å². The normalized spacial score (nSPS) is 20.1. The molecule has 2 fully saturated rings. The predicted molar refractivity (Wildman–Crippen MR) is 160 cm³/mol. The summed E-state index contributed by atoms with van der Waals surface area (Å²) in [6, 6.07) is 7.17. The van der Waals surface area contributed by atoms with Crippen LogP contribution in [0.5, 0.6) is 5.88 Å². The highest BCUT2D eigenvalue weighted by atomic mass is 35.5. The average molecular weight is 617 g/mol. The second kappa shape index (κ2) is 14.1. The number of nitrogens with one attached hydrogen (secondary N) is 2. The molecule has 13 heteroatoms. The predicted octanol–water partition coefficient (Wildman–Crippen LogP) is 3.85. The zero-order chi connectivity index (χ0) is 29.8. The number of aliphatic carboxylic acids is 1. The molecule has 2 aromatic heterocycles. The number of hydrogen-bond acceptors (Lipinski definition) is 6. The molecule has 3 aromatic rings. The molecule has 0 spiro atoms. The first kappa shape index (κ1) is 32.2. The van der Waals surface area contributed by atoms with Crippen LogP contribution in [0.1, 0.15) is 68.8 Å². The molecule has 1 aliphatic heterocycles. The maximum atomic E-state index is 13.4. The molecule has 1 aromatic carbocycles. The molecule has 43 heavy (non-hydrogen) atoms. The minimum absolute atomic E-state index is 0. The third-order valence-corrected chi connectivity index (χ3v) is 7.93. The van der Waals surface area contributed by atoms with Crippen LogP contribution in [-0.2, 0) is 9.59 Å². The first-order chi connectivity index (χ1) is 20.2. The van der Waals surface area contributed by atoms with Gasteiger partial charge < -0.3 is 24.7 Å². The number of benzene rings is 1. The molecule has 2 amide bonds. The fraction of sp³-hybridized carbons (Fsp3) is 0.500. The number of carboxylic acid groups (broad SMARTS) is 1. The van der Waals surface area contributed by atoms with Crippen LogP contribution in [-0.4, -0.2) is 74.1 Å². The molecular formula is C30H38ClFN6O5. The Kier molecular flexibility index (Phi) is 10.6. The van der Waals surface area contributed by atoms with Crippen molar-refractivity contribution in [3.8, 4) is 5.88 Å². The van der Waals surface area contributed by atoms with Crippen LogP contribution in [0.4, 0.5) is 4.39 Å². The summed E-state index contributed by atoms with van der Waals surface area (Å²) < 4.78 is 21.6. The number of hydrogen-bond donors (Lipinski definition) is 3. The van der Waals surface area contributed by atoms with Gasteiger partial charge in [0.05, 0.1) is 23.8 Å². The SMILES string of the molecule is CC(C)NC(=O)[C@H]1CC[C@@H](n2/c(=N/C(=O)c3ccc(F)cc3)[nH]c3cnc(OC4CCN(CC(=O)O)CC4)cc32)CC1.Cl. The van der Waals surface area contributed by atoms with E-state index < -0.39 is 17.7 Å². The minimum Gasteiger partial charge on any atom is -0.480 e. The van der Waals surface area contributed by atoms with E-state index in [9.17, 15) is 18.8 Å². The average Bonchev–Trinajstić information content (AvgIpc) is 3.30. The number of carbonyl (C=O) groups is 3. The molecular weight excluding hydrogens is 579 g/mol. The van der Waals surface area contributed by atoms with Gasteiger partial charge in [-0.15, -0.1) is 12.4 Å². The second-order valence-electron chi connectivity index (χ2n) is 11.4. The molecule has 1 aliphatic carbocycles. The first-order valence-electron chi connectivity index (χ1n) is 14.5. The number of pyridine rings is 1. The highest BCUT2D eigenvalue weighted by molar-refractivity contribution is 5.95. The molecule has 3 N–H and O–H groups in total. The Labute approximate surface area is 255 Å². The summed E-state index contributed by atoms with van der Waals surface area (Å²) in [5.41, 5.74) is 2.09. The molecule has 1 saturated carbocycles. The van der Waals surface area contributed by atoms with Gasteiger partial charge in [-0.1, -0.05) is 0 Å². The number of nitrogens with zero attached hydrogens (tertiary/aromatic N) is 4. The number of ether oxygens (including phenoxy) is 1. The minimum atomic E-state index is -0.841. The van der Waals surface area contributed by atoms with Gasteiger partial charge in [-0.3, -0.25) is 19.3 Å². The van der Waals surface area contributed by atoms with Crippen LogP contribution < -0.4 is 15.7 Å². The maximum Gasteiger partial charge on any atom is 0.317 e. The van der Waals surface area contributed by atoms with Crippen molar-refractivity contribution in [3.63, 3.8) is 0 Å². The molecule has 11 nitrogen and oxygen atoms in total. The van der Waals surface area contributed by atoms with Crippen molar-refractivity contribution < 1.29 is 28.6 Å². The van der Waals surface area contributed by atoms with E-state index in [4.69, 9.17) is 9.84 Å². The Hall–Kier alpha value is -3.77. The number of H-pyrrole nitrogens is 1. The van der Waals surface area contributed by atoms with Gasteiger partial charge in [0.2, 0.25) is 17.4 Å². The largest absolute Gasteiger partial charge is 0.480 e. The van der Waals surface area contributed by atoms with E-state index in [1.54, 1.807) is 6.20 Å². The number of rotatable bonds is 8. The lowest BCUT2D eigenvalue weighted by Crippen LogP contribution is -2.40. The molecule has 0 atom stereocenters. The highest BCUT2D eigenvalue weighted by Crippen LogP contribution is 2.34. The molecule has 5 rings (SSSR count). The summed E-state index contributed by atoms with van der Waals surface area (Å²) >= 11 is 0. The highest BCUT2D eigenvalue weighted by Gasteiger charge is 2.29. The van der Waals surface area contributed by atoms with Crippen LogP contribution in [0, 0.1) is 11.7 Å². The van der Waals surface area contributed by atoms with Crippen molar-refractivity contribution in [2.75, 3.05) is 19.6 Å². The molecule has 0 bridgehead atoms. The number of carboxylic acids is 1. The number of aromatic nitrogens is 3. The maximum absolute atomic E-state index is 13.4. The third-order valence-electron chi connectivity index (χ3n) is 7.93. The van der Waals surface area contributed by atoms with Crippen molar-refractivity contribution in [2.45, 2.75) is 70.6 Å². The number of halogens is 2. The van der Waals surface area contributed by atoms with Crippen molar-refractivity contribution in [1.82, 2.24) is 24.8 Å². The van der Waals surface area contributed by atoms with Gasteiger partial charge in [0, 0.05) is 42.7 Å². The van der Waals surface area contributed by atoms with Gasteiger partial charge in [0.25, 0.3) is 5.91 Å². The Morgan fingerprint density at radius 1 is 1.12 bits per heavy atom.